The lowest BCUT2D eigenvalue weighted by Crippen LogP contribution is -2.22. The minimum atomic E-state index is -0.112. The molecule has 6 nitrogen and oxygen atoms in total. The molecule has 0 fully saturated rings. The van der Waals surface area contributed by atoms with Gasteiger partial charge in [-0.15, -0.1) is 0 Å². The van der Waals surface area contributed by atoms with Crippen LogP contribution >= 0.6 is 22.9 Å². The van der Waals surface area contributed by atoms with Gasteiger partial charge in [-0.2, -0.15) is 0 Å². The fourth-order valence-electron chi connectivity index (χ4n) is 3.72. The first-order chi connectivity index (χ1) is 15.4. The van der Waals surface area contributed by atoms with Crippen molar-refractivity contribution in [2.45, 2.75) is 13.8 Å². The molecular weight excluding hydrogens is 448 g/mol. The summed E-state index contributed by atoms with van der Waals surface area (Å²) in [6.07, 6.45) is 1.73. The number of hydrogen-bond donors (Lipinski definition) is 0. The Morgan fingerprint density at radius 1 is 1.09 bits per heavy atom. The number of benzene rings is 2. The van der Waals surface area contributed by atoms with E-state index in [1.807, 2.05) is 38.1 Å². The fourth-order valence-corrected chi connectivity index (χ4v) is 4.91. The molecule has 2 aromatic carbocycles. The number of thiazole rings is 1. The Balaban J connectivity index is 1.61. The third-order valence-corrected chi connectivity index (χ3v) is 6.84. The summed E-state index contributed by atoms with van der Waals surface area (Å²) >= 11 is 7.54. The number of hydrogen-bond acceptors (Lipinski definition) is 6. The molecule has 0 aliphatic rings. The summed E-state index contributed by atoms with van der Waals surface area (Å²) in [5.41, 5.74) is 4.52. The maximum absolute atomic E-state index is 13.1. The van der Waals surface area contributed by atoms with Crippen molar-refractivity contribution in [3.63, 3.8) is 0 Å². The number of fused-ring (bicyclic) bond motifs is 3. The molecule has 3 heterocycles. The number of aromatic nitrogens is 2. The Morgan fingerprint density at radius 2 is 1.88 bits per heavy atom. The summed E-state index contributed by atoms with van der Waals surface area (Å²) in [7, 11) is 3.12. The molecule has 0 spiro atoms. The van der Waals surface area contributed by atoms with E-state index in [1.165, 1.54) is 11.3 Å². The molecule has 0 aliphatic carbocycles. The predicted octanol–water partition coefficient (Wildman–Crippen LogP) is 5.00. The van der Waals surface area contributed by atoms with Gasteiger partial charge >= 0.3 is 0 Å². The maximum atomic E-state index is 13.1. The van der Waals surface area contributed by atoms with E-state index in [0.29, 0.717) is 43.1 Å². The Hall–Kier alpha value is -3.29. The first-order valence-electron chi connectivity index (χ1n) is 9.86. The van der Waals surface area contributed by atoms with E-state index in [1.54, 1.807) is 36.8 Å². The van der Waals surface area contributed by atoms with Gasteiger partial charge in [-0.05, 0) is 49.2 Å². The van der Waals surface area contributed by atoms with E-state index in [4.69, 9.17) is 25.5 Å². The van der Waals surface area contributed by atoms with E-state index >= 15 is 0 Å². The number of ether oxygens (including phenoxy) is 2. The third-order valence-electron chi connectivity index (χ3n) is 5.57. The van der Waals surface area contributed by atoms with Gasteiger partial charge in [0, 0.05) is 12.1 Å². The lowest BCUT2D eigenvalue weighted by molar-refractivity contribution is 0.403. The average Bonchev–Trinajstić information content (AvgIpc) is 3.47. The lowest BCUT2D eigenvalue weighted by Gasteiger charge is -2.10. The molecule has 5 rings (SSSR count). The summed E-state index contributed by atoms with van der Waals surface area (Å²) in [5.74, 6) is 2.21. The predicted molar refractivity (Wildman–Crippen MR) is 127 cm³/mol. The van der Waals surface area contributed by atoms with E-state index in [-0.39, 0.29) is 5.56 Å². The number of halogens is 1. The van der Waals surface area contributed by atoms with Crippen molar-refractivity contribution in [3.8, 4) is 22.8 Å². The first-order valence-corrected chi connectivity index (χ1v) is 11.1. The van der Waals surface area contributed by atoms with E-state index < -0.39 is 0 Å². The molecular formula is C24H19ClN2O4S. The van der Waals surface area contributed by atoms with Crippen molar-refractivity contribution >= 4 is 45.0 Å². The topological polar surface area (TPSA) is 66.0 Å². The molecule has 0 radical (unpaired) electrons. The number of methoxy groups -OCH3 is 2. The number of nitrogens with zero attached hydrogens (tertiary/aromatic N) is 2. The second-order valence-electron chi connectivity index (χ2n) is 7.41. The molecule has 0 atom stereocenters. The van der Waals surface area contributed by atoms with Gasteiger partial charge in [0.05, 0.1) is 35.8 Å². The van der Waals surface area contributed by atoms with Crippen LogP contribution in [0, 0.1) is 13.8 Å². The van der Waals surface area contributed by atoms with Crippen molar-refractivity contribution in [1.82, 2.24) is 9.38 Å². The van der Waals surface area contributed by atoms with Crippen LogP contribution in [-0.4, -0.2) is 23.6 Å². The van der Waals surface area contributed by atoms with Crippen LogP contribution in [0.3, 0.4) is 0 Å². The Labute approximate surface area is 192 Å². The zero-order chi connectivity index (χ0) is 22.6. The first kappa shape index (κ1) is 20.6. The quantitative estimate of drug-likeness (QED) is 0.372. The van der Waals surface area contributed by atoms with Gasteiger partial charge < -0.3 is 13.9 Å². The van der Waals surface area contributed by atoms with Crippen molar-refractivity contribution in [2.24, 2.45) is 0 Å². The van der Waals surface area contributed by atoms with Crippen LogP contribution in [-0.2, 0) is 0 Å². The summed E-state index contributed by atoms with van der Waals surface area (Å²) in [4.78, 5) is 18.5. The minimum Gasteiger partial charge on any atom is -0.496 e. The summed E-state index contributed by atoms with van der Waals surface area (Å²) < 4.78 is 19.0. The van der Waals surface area contributed by atoms with Gasteiger partial charge in [0.2, 0.25) is 0 Å². The zero-order valence-electron chi connectivity index (χ0n) is 17.9. The monoisotopic (exact) mass is 466 g/mol. The normalized spacial score (nSPS) is 12.2. The molecule has 0 unspecified atom stereocenters. The summed E-state index contributed by atoms with van der Waals surface area (Å²) in [6.45, 7) is 4.07. The second kappa shape index (κ2) is 7.69. The molecule has 5 aromatic rings. The van der Waals surface area contributed by atoms with Gasteiger partial charge in [0.1, 0.15) is 27.6 Å². The largest absolute Gasteiger partial charge is 0.496 e. The van der Waals surface area contributed by atoms with Crippen molar-refractivity contribution < 1.29 is 13.9 Å². The van der Waals surface area contributed by atoms with Crippen LogP contribution in [0.5, 0.6) is 11.5 Å². The molecule has 3 aromatic heterocycles. The number of rotatable bonds is 4. The third kappa shape index (κ3) is 3.16. The molecule has 32 heavy (non-hydrogen) atoms. The molecule has 0 aliphatic heterocycles. The van der Waals surface area contributed by atoms with Crippen LogP contribution in [0.15, 0.2) is 45.6 Å². The minimum absolute atomic E-state index is 0.112. The average molecular weight is 467 g/mol. The van der Waals surface area contributed by atoms with E-state index in [0.717, 1.165) is 22.2 Å². The van der Waals surface area contributed by atoms with Crippen molar-refractivity contribution in [1.29, 1.82) is 0 Å². The van der Waals surface area contributed by atoms with E-state index in [9.17, 15) is 4.79 Å². The standard InChI is InChI=1S/C24H19ClN2O4S/c1-12-5-7-17-22(13(12)2)26-24-27(17)23(28)21(32-24)9-14-6-8-18(31-14)15-10-20(30-4)16(25)11-19(15)29-3/h5-11H,1-4H3/b21-9+. The Bertz CT molecular complexity index is 1610. The molecule has 8 heteroatoms. The number of furan rings is 1. The van der Waals surface area contributed by atoms with Crippen molar-refractivity contribution in [2.75, 3.05) is 14.2 Å². The second-order valence-corrected chi connectivity index (χ2v) is 8.83. The van der Waals surface area contributed by atoms with Gasteiger partial charge in [0.25, 0.3) is 5.56 Å². The van der Waals surface area contributed by atoms with Gasteiger partial charge in [0.15, 0.2) is 4.96 Å². The summed E-state index contributed by atoms with van der Waals surface area (Å²) in [5, 5.41) is 0.446. The zero-order valence-corrected chi connectivity index (χ0v) is 19.4. The van der Waals surface area contributed by atoms with Gasteiger partial charge in [-0.3, -0.25) is 4.79 Å². The SMILES string of the molecule is COc1cc(-c2ccc(/C=c3/sc4nc5c(C)c(C)ccc5n4c3=O)o2)c(OC)cc1Cl. The molecule has 0 saturated carbocycles. The number of aryl methyl sites for hydroxylation is 2. The van der Waals surface area contributed by atoms with Gasteiger partial charge in [-0.1, -0.05) is 29.0 Å². The molecule has 0 amide bonds. The molecule has 0 N–H and O–H groups in total. The van der Waals surface area contributed by atoms with Crippen LogP contribution in [0.25, 0.3) is 33.4 Å². The molecule has 162 valence electrons. The Kier molecular flexibility index (Phi) is 4.95. The highest BCUT2D eigenvalue weighted by Gasteiger charge is 2.16. The molecule has 0 bridgehead atoms. The fraction of sp³-hybridized carbons (Fsp3) is 0.167. The lowest BCUT2D eigenvalue weighted by atomic mass is 10.1. The van der Waals surface area contributed by atoms with E-state index in [2.05, 4.69) is 4.98 Å². The van der Waals surface area contributed by atoms with Crippen LogP contribution in [0.4, 0.5) is 0 Å². The van der Waals surface area contributed by atoms with Crippen molar-refractivity contribution in [3.05, 3.63) is 73.2 Å². The smallest absolute Gasteiger partial charge is 0.275 e. The highest BCUT2D eigenvalue weighted by molar-refractivity contribution is 7.15. The molecule has 0 saturated heterocycles. The highest BCUT2D eigenvalue weighted by Crippen LogP contribution is 2.39. The van der Waals surface area contributed by atoms with Gasteiger partial charge in [-0.25, -0.2) is 9.38 Å². The number of imidazole rings is 1. The summed E-state index contributed by atoms with van der Waals surface area (Å²) in [6, 6.07) is 11.0. The Morgan fingerprint density at radius 3 is 2.62 bits per heavy atom. The van der Waals surface area contributed by atoms with Crippen LogP contribution in [0.2, 0.25) is 5.02 Å². The van der Waals surface area contributed by atoms with Crippen LogP contribution in [0.1, 0.15) is 16.9 Å². The van der Waals surface area contributed by atoms with Crippen LogP contribution < -0.4 is 19.6 Å². The maximum Gasteiger partial charge on any atom is 0.275 e. The highest BCUT2D eigenvalue weighted by atomic mass is 35.5.